The lowest BCUT2D eigenvalue weighted by molar-refractivity contribution is -0.139. The molecule has 1 aromatic carbocycles. The normalized spacial score (nSPS) is 13.0. The first-order valence-corrected chi connectivity index (χ1v) is 9.22. The largest absolute Gasteiger partial charge is 0.418 e. The highest BCUT2D eigenvalue weighted by atomic mass is 19.4. The van der Waals surface area contributed by atoms with E-state index in [0.717, 1.165) is 10.6 Å². The zero-order chi connectivity index (χ0) is 21.8. The molecule has 156 valence electrons. The molecule has 0 saturated carbocycles. The number of benzene rings is 1. The summed E-state index contributed by atoms with van der Waals surface area (Å²) in [6.45, 7) is 2.16. The molecule has 3 aromatic heterocycles. The minimum Gasteiger partial charge on any atom is -0.284 e. The lowest BCUT2D eigenvalue weighted by Gasteiger charge is -2.23. The molecule has 3 nitrogen and oxygen atoms in total. The molecule has 0 fully saturated rings. The molecule has 0 unspecified atom stereocenters. The summed E-state index contributed by atoms with van der Waals surface area (Å²) in [6, 6.07) is 7.22. The second kappa shape index (κ2) is 6.75. The molecule has 0 aliphatic heterocycles. The predicted octanol–water partition coefficient (Wildman–Crippen LogP) is 6.96. The molecule has 0 bridgehead atoms. The average Bonchev–Trinajstić information content (AvgIpc) is 3.00. The smallest absolute Gasteiger partial charge is 0.284 e. The number of nitrogens with zero attached hydrogens (tertiary/aromatic N) is 3. The van der Waals surface area contributed by atoms with Crippen molar-refractivity contribution in [2.75, 3.05) is 0 Å². The molecule has 0 radical (unpaired) electrons. The fraction of sp³-hybridized carbons (Fsp3) is 0.273. The van der Waals surface area contributed by atoms with E-state index in [0.29, 0.717) is 21.9 Å². The van der Waals surface area contributed by atoms with Gasteiger partial charge in [-0.05, 0) is 23.8 Å². The van der Waals surface area contributed by atoms with Gasteiger partial charge in [0.15, 0.2) is 0 Å². The van der Waals surface area contributed by atoms with Crippen LogP contribution in [-0.4, -0.2) is 14.5 Å². The minimum absolute atomic E-state index is 0.0624. The van der Waals surface area contributed by atoms with Crippen LogP contribution in [0.3, 0.4) is 0 Å². The Hall–Kier alpha value is -3.03. The molecule has 0 N–H and O–H groups in total. The molecule has 30 heavy (non-hydrogen) atoms. The van der Waals surface area contributed by atoms with E-state index in [4.69, 9.17) is 0 Å². The van der Waals surface area contributed by atoms with E-state index in [1.807, 2.05) is 0 Å². The number of fused-ring (bicyclic) bond motifs is 3. The van der Waals surface area contributed by atoms with E-state index < -0.39 is 23.7 Å². The maximum absolute atomic E-state index is 13.8. The molecule has 8 heteroatoms. The summed E-state index contributed by atoms with van der Waals surface area (Å²) in [4.78, 5) is 8.08. The number of aromatic nitrogens is 3. The van der Waals surface area contributed by atoms with E-state index in [1.165, 1.54) is 30.7 Å². The third-order valence-corrected chi connectivity index (χ3v) is 5.04. The van der Waals surface area contributed by atoms with Crippen molar-refractivity contribution in [2.24, 2.45) is 0 Å². The maximum Gasteiger partial charge on any atom is 0.418 e. The Kier molecular flexibility index (Phi) is 4.56. The van der Waals surface area contributed by atoms with Gasteiger partial charge in [0, 0.05) is 40.3 Å². The van der Waals surface area contributed by atoms with Gasteiger partial charge in [0.2, 0.25) is 0 Å². The summed E-state index contributed by atoms with van der Waals surface area (Å²) < 4.78 is 69.5. The molecule has 4 rings (SSSR count). The molecule has 0 aliphatic rings. The summed E-state index contributed by atoms with van der Waals surface area (Å²) in [6.07, 6.45) is -0.309. The molecule has 0 saturated heterocycles. The van der Waals surface area contributed by atoms with E-state index in [-0.39, 0.29) is 16.8 Å². The molecule has 4 aromatic rings. The monoisotopic (exact) mass is 419 g/mol. The number of rotatable bonds is 2. The van der Waals surface area contributed by atoms with Crippen molar-refractivity contribution in [3.63, 3.8) is 0 Å². The summed E-state index contributed by atoms with van der Waals surface area (Å²) in [5.74, 6) is 0. The molecule has 0 atom stereocenters. The van der Waals surface area contributed by atoms with E-state index in [9.17, 15) is 22.0 Å². The quantitative estimate of drug-likeness (QED) is 0.329. The molecule has 3 heterocycles. The number of alkyl halides is 5. The summed E-state index contributed by atoms with van der Waals surface area (Å²) >= 11 is 0. The van der Waals surface area contributed by atoms with E-state index in [2.05, 4.69) is 9.97 Å². The second-order valence-corrected chi connectivity index (χ2v) is 8.14. The van der Waals surface area contributed by atoms with Gasteiger partial charge in [-0.15, -0.1) is 0 Å². The van der Waals surface area contributed by atoms with Crippen LogP contribution < -0.4 is 0 Å². The van der Waals surface area contributed by atoms with Gasteiger partial charge in [0.1, 0.15) is 0 Å². The van der Waals surface area contributed by atoms with Crippen molar-refractivity contribution in [2.45, 2.75) is 38.9 Å². The molecular formula is C22H18F5N3. The van der Waals surface area contributed by atoms with Crippen LogP contribution in [0.2, 0.25) is 0 Å². The first-order chi connectivity index (χ1) is 14.0. The summed E-state index contributed by atoms with van der Waals surface area (Å²) in [7, 11) is 0. The Labute approximate surface area is 169 Å². The van der Waals surface area contributed by atoms with Gasteiger partial charge >= 0.3 is 12.7 Å². The highest BCUT2D eigenvalue weighted by Crippen LogP contribution is 2.40. The van der Waals surface area contributed by atoms with Gasteiger partial charge in [0.25, 0.3) is 0 Å². The van der Waals surface area contributed by atoms with E-state index in [1.54, 1.807) is 32.9 Å². The topological polar surface area (TPSA) is 30.7 Å². The third kappa shape index (κ3) is 3.30. The first-order valence-electron chi connectivity index (χ1n) is 9.22. The standard InChI is InChI=1S/C22H18F5N3/c1-21(2,3)19-16(22(25,26)27)8-13(10-29-19)12-4-5-14-15-11-28-7-6-17(15)30(20(23)24)18(14)9-12/h4-11,20H,1-3H3. The minimum atomic E-state index is -4.58. The van der Waals surface area contributed by atoms with Crippen LogP contribution in [-0.2, 0) is 11.6 Å². The number of halogens is 5. The Balaban J connectivity index is 1.96. The SMILES string of the molecule is CC(C)(C)c1ncc(-c2ccc3c4cnccc4n(C(F)F)c3c2)cc1C(F)(F)F. The van der Waals surface area contributed by atoms with Crippen LogP contribution in [0.15, 0.2) is 48.9 Å². The average molecular weight is 419 g/mol. The van der Waals surface area contributed by atoms with Crippen molar-refractivity contribution in [3.8, 4) is 11.1 Å². The van der Waals surface area contributed by atoms with Gasteiger partial charge in [-0.1, -0.05) is 32.9 Å². The number of pyridine rings is 2. The first kappa shape index (κ1) is 20.3. The number of hydrogen-bond acceptors (Lipinski definition) is 2. The Morgan fingerprint density at radius 2 is 1.60 bits per heavy atom. The molecule has 0 amide bonds. The highest BCUT2D eigenvalue weighted by Gasteiger charge is 2.37. The van der Waals surface area contributed by atoms with Crippen LogP contribution in [0.4, 0.5) is 22.0 Å². The third-order valence-electron chi connectivity index (χ3n) is 5.04. The fourth-order valence-corrected chi connectivity index (χ4v) is 3.72. The van der Waals surface area contributed by atoms with Crippen LogP contribution in [0, 0.1) is 0 Å². The summed E-state index contributed by atoms with van der Waals surface area (Å²) in [5.41, 5.74) is -0.579. The Bertz CT molecular complexity index is 1250. The van der Waals surface area contributed by atoms with Crippen LogP contribution in [0.1, 0.15) is 38.6 Å². The fourth-order valence-electron chi connectivity index (χ4n) is 3.72. The maximum atomic E-state index is 13.8. The van der Waals surface area contributed by atoms with E-state index >= 15 is 0 Å². The van der Waals surface area contributed by atoms with Crippen LogP contribution in [0.5, 0.6) is 0 Å². The van der Waals surface area contributed by atoms with Gasteiger partial charge in [-0.2, -0.15) is 22.0 Å². The Morgan fingerprint density at radius 1 is 0.867 bits per heavy atom. The van der Waals surface area contributed by atoms with Crippen LogP contribution in [0.25, 0.3) is 32.9 Å². The predicted molar refractivity (Wildman–Crippen MR) is 105 cm³/mol. The lowest BCUT2D eigenvalue weighted by atomic mass is 9.87. The molecule has 0 spiro atoms. The van der Waals surface area contributed by atoms with Gasteiger partial charge in [-0.3, -0.25) is 14.5 Å². The molecule has 0 aliphatic carbocycles. The van der Waals surface area contributed by atoms with Crippen molar-refractivity contribution in [1.82, 2.24) is 14.5 Å². The van der Waals surface area contributed by atoms with Gasteiger partial charge in [0.05, 0.1) is 22.3 Å². The number of hydrogen-bond donors (Lipinski definition) is 0. The Morgan fingerprint density at radius 3 is 2.23 bits per heavy atom. The van der Waals surface area contributed by atoms with Gasteiger partial charge < -0.3 is 0 Å². The van der Waals surface area contributed by atoms with Crippen molar-refractivity contribution in [1.29, 1.82) is 0 Å². The van der Waals surface area contributed by atoms with Crippen molar-refractivity contribution < 1.29 is 22.0 Å². The molecular weight excluding hydrogens is 401 g/mol. The van der Waals surface area contributed by atoms with Crippen molar-refractivity contribution in [3.05, 3.63) is 60.2 Å². The second-order valence-electron chi connectivity index (χ2n) is 8.14. The lowest BCUT2D eigenvalue weighted by Crippen LogP contribution is -2.21. The zero-order valence-electron chi connectivity index (χ0n) is 16.4. The zero-order valence-corrected chi connectivity index (χ0v) is 16.4. The van der Waals surface area contributed by atoms with Crippen molar-refractivity contribution >= 4 is 21.8 Å². The summed E-state index contributed by atoms with van der Waals surface area (Å²) in [5, 5.41) is 1.11. The van der Waals surface area contributed by atoms with Gasteiger partial charge in [-0.25, -0.2) is 0 Å². The highest BCUT2D eigenvalue weighted by molar-refractivity contribution is 6.08. The van der Waals surface area contributed by atoms with Crippen LogP contribution >= 0.6 is 0 Å².